The molecule has 3 rings (SSSR count). The molecular weight excluding hydrogens is 374 g/mol. The first-order chi connectivity index (χ1) is 13.4. The molecule has 1 fully saturated rings. The molecule has 0 aliphatic carbocycles. The summed E-state index contributed by atoms with van der Waals surface area (Å²) in [4.78, 5) is 29.2. The van der Waals surface area contributed by atoms with Gasteiger partial charge in [-0.15, -0.1) is 0 Å². The van der Waals surface area contributed by atoms with Crippen LogP contribution >= 0.6 is 11.6 Å². The van der Waals surface area contributed by atoms with Crippen molar-refractivity contribution in [2.75, 3.05) is 32.5 Å². The average Bonchev–Trinajstić information content (AvgIpc) is 2.69. The van der Waals surface area contributed by atoms with E-state index in [4.69, 9.17) is 11.6 Å². The molecule has 0 spiro atoms. The third-order valence-corrected chi connectivity index (χ3v) is 5.26. The number of piperidine rings is 1. The molecular formula is C22H26ClN3O2. The van der Waals surface area contributed by atoms with Crippen LogP contribution in [-0.4, -0.2) is 48.8 Å². The summed E-state index contributed by atoms with van der Waals surface area (Å²) in [6.07, 6.45) is 1.34. The Kier molecular flexibility index (Phi) is 6.70. The van der Waals surface area contributed by atoms with Crippen molar-refractivity contribution in [2.45, 2.75) is 19.4 Å². The lowest BCUT2D eigenvalue weighted by atomic mass is 9.95. The fourth-order valence-corrected chi connectivity index (χ4v) is 3.60. The van der Waals surface area contributed by atoms with Crippen LogP contribution in [0.15, 0.2) is 48.5 Å². The van der Waals surface area contributed by atoms with Crippen molar-refractivity contribution in [2.24, 2.45) is 5.92 Å². The zero-order valence-electron chi connectivity index (χ0n) is 16.3. The van der Waals surface area contributed by atoms with Crippen molar-refractivity contribution in [1.82, 2.24) is 9.80 Å². The number of para-hydroxylation sites is 1. The van der Waals surface area contributed by atoms with Crippen molar-refractivity contribution in [3.63, 3.8) is 0 Å². The van der Waals surface area contributed by atoms with Crippen molar-refractivity contribution in [3.8, 4) is 0 Å². The topological polar surface area (TPSA) is 52.7 Å². The molecule has 2 aromatic rings. The van der Waals surface area contributed by atoms with Crippen LogP contribution in [0.1, 0.15) is 28.8 Å². The Morgan fingerprint density at radius 3 is 2.36 bits per heavy atom. The van der Waals surface area contributed by atoms with Gasteiger partial charge in [-0.25, -0.2) is 0 Å². The fraction of sp³-hybridized carbons (Fsp3) is 0.364. The lowest BCUT2D eigenvalue weighted by Crippen LogP contribution is -2.41. The van der Waals surface area contributed by atoms with Gasteiger partial charge < -0.3 is 15.1 Å². The maximum absolute atomic E-state index is 12.7. The van der Waals surface area contributed by atoms with E-state index in [1.165, 1.54) is 0 Å². The first kappa shape index (κ1) is 20.4. The first-order valence-electron chi connectivity index (χ1n) is 9.52. The van der Waals surface area contributed by atoms with Crippen LogP contribution in [0, 0.1) is 5.92 Å². The second kappa shape index (κ2) is 9.22. The highest BCUT2D eigenvalue weighted by Gasteiger charge is 2.28. The third kappa shape index (κ3) is 5.12. The molecule has 2 aromatic carbocycles. The van der Waals surface area contributed by atoms with E-state index in [1.54, 1.807) is 24.3 Å². The lowest BCUT2D eigenvalue weighted by molar-refractivity contribution is -0.121. The van der Waals surface area contributed by atoms with Gasteiger partial charge in [-0.1, -0.05) is 29.8 Å². The zero-order chi connectivity index (χ0) is 20.1. The number of nitrogens with one attached hydrogen (secondary N) is 1. The minimum absolute atomic E-state index is 0.00754. The minimum atomic E-state index is -0.0818. The van der Waals surface area contributed by atoms with E-state index in [1.807, 2.05) is 43.3 Å². The number of halogens is 1. The van der Waals surface area contributed by atoms with Gasteiger partial charge in [0.15, 0.2) is 0 Å². The Morgan fingerprint density at radius 1 is 1.07 bits per heavy atom. The van der Waals surface area contributed by atoms with E-state index < -0.39 is 0 Å². The van der Waals surface area contributed by atoms with Gasteiger partial charge in [0.25, 0.3) is 5.91 Å². The summed E-state index contributed by atoms with van der Waals surface area (Å²) in [5, 5.41) is 3.70. The maximum atomic E-state index is 12.7. The highest BCUT2D eigenvalue weighted by atomic mass is 35.5. The van der Waals surface area contributed by atoms with Gasteiger partial charge >= 0.3 is 0 Å². The quantitative estimate of drug-likeness (QED) is 0.829. The smallest absolute Gasteiger partial charge is 0.253 e. The van der Waals surface area contributed by atoms with Crippen LogP contribution in [0.3, 0.4) is 0 Å². The number of amides is 2. The van der Waals surface area contributed by atoms with Gasteiger partial charge in [-0.2, -0.15) is 0 Å². The normalized spacial score (nSPS) is 14.9. The molecule has 0 saturated carbocycles. The number of carbonyl (C=O) groups excluding carboxylic acids is 2. The highest BCUT2D eigenvalue weighted by Crippen LogP contribution is 2.23. The number of hydrogen-bond acceptors (Lipinski definition) is 3. The number of likely N-dealkylation sites (tertiary alicyclic amines) is 1. The van der Waals surface area contributed by atoms with Gasteiger partial charge in [0.2, 0.25) is 5.91 Å². The lowest BCUT2D eigenvalue weighted by Gasteiger charge is -2.31. The van der Waals surface area contributed by atoms with Gasteiger partial charge in [0.1, 0.15) is 0 Å². The second-order valence-electron chi connectivity index (χ2n) is 7.46. The van der Waals surface area contributed by atoms with Crippen molar-refractivity contribution < 1.29 is 9.59 Å². The van der Waals surface area contributed by atoms with Crippen molar-refractivity contribution in [3.05, 3.63) is 64.7 Å². The Bertz CT molecular complexity index is 828. The van der Waals surface area contributed by atoms with E-state index in [0.717, 1.165) is 17.8 Å². The Balaban J connectivity index is 1.57. The van der Waals surface area contributed by atoms with Gasteiger partial charge in [0.05, 0.1) is 0 Å². The van der Waals surface area contributed by atoms with Crippen LogP contribution in [0.4, 0.5) is 5.69 Å². The van der Waals surface area contributed by atoms with Crippen LogP contribution in [-0.2, 0) is 11.3 Å². The first-order valence-corrected chi connectivity index (χ1v) is 9.90. The average molecular weight is 400 g/mol. The minimum Gasteiger partial charge on any atom is -0.339 e. The van der Waals surface area contributed by atoms with Gasteiger partial charge in [-0.05, 0) is 62.8 Å². The summed E-state index contributed by atoms with van der Waals surface area (Å²) in [6.45, 7) is 1.93. The summed E-state index contributed by atoms with van der Waals surface area (Å²) in [6, 6.07) is 14.8. The molecule has 0 bridgehead atoms. The van der Waals surface area contributed by atoms with E-state index in [9.17, 15) is 9.59 Å². The molecule has 1 aliphatic rings. The maximum Gasteiger partial charge on any atom is 0.253 e. The second-order valence-corrected chi connectivity index (χ2v) is 7.89. The van der Waals surface area contributed by atoms with E-state index in [0.29, 0.717) is 36.5 Å². The fourth-order valence-electron chi connectivity index (χ4n) is 3.48. The van der Waals surface area contributed by atoms with Crippen molar-refractivity contribution >= 4 is 29.1 Å². The number of hydrogen-bond donors (Lipinski definition) is 1. The molecule has 6 heteroatoms. The monoisotopic (exact) mass is 399 g/mol. The molecule has 5 nitrogen and oxygen atoms in total. The molecule has 0 radical (unpaired) electrons. The SMILES string of the molecule is CN(C)Cc1ccccc1NC(=O)C1CCN(C(=O)c2ccc(Cl)cc2)CC1. The van der Waals surface area contributed by atoms with Gasteiger partial charge in [0, 0.05) is 41.8 Å². The number of carbonyl (C=O) groups is 2. The predicted molar refractivity (Wildman–Crippen MR) is 113 cm³/mol. The Labute approximate surface area is 171 Å². The molecule has 0 unspecified atom stereocenters. The van der Waals surface area contributed by atoms with Crippen LogP contribution in [0.25, 0.3) is 0 Å². The van der Waals surface area contributed by atoms with Crippen LogP contribution in [0.5, 0.6) is 0 Å². The Hall–Kier alpha value is -2.37. The number of anilines is 1. The number of nitrogens with zero attached hydrogens (tertiary/aromatic N) is 2. The zero-order valence-corrected chi connectivity index (χ0v) is 17.1. The molecule has 0 atom stereocenters. The molecule has 0 aromatic heterocycles. The summed E-state index contributed by atoms with van der Waals surface area (Å²) in [5.74, 6) is -0.0571. The molecule has 1 saturated heterocycles. The molecule has 1 N–H and O–H groups in total. The molecule has 2 amide bonds. The third-order valence-electron chi connectivity index (χ3n) is 5.01. The molecule has 28 heavy (non-hydrogen) atoms. The summed E-state index contributed by atoms with van der Waals surface area (Å²) >= 11 is 5.89. The molecule has 148 valence electrons. The Morgan fingerprint density at radius 2 is 1.71 bits per heavy atom. The van der Waals surface area contributed by atoms with Gasteiger partial charge in [-0.3, -0.25) is 9.59 Å². The number of benzene rings is 2. The van der Waals surface area contributed by atoms with E-state index >= 15 is 0 Å². The van der Waals surface area contributed by atoms with Crippen molar-refractivity contribution in [1.29, 1.82) is 0 Å². The van der Waals surface area contributed by atoms with E-state index in [2.05, 4.69) is 10.2 Å². The summed E-state index contributed by atoms with van der Waals surface area (Å²) in [5.41, 5.74) is 2.59. The molecule has 1 aliphatic heterocycles. The largest absolute Gasteiger partial charge is 0.339 e. The predicted octanol–water partition coefficient (Wildman–Crippen LogP) is 3.89. The molecule has 1 heterocycles. The number of rotatable bonds is 5. The van der Waals surface area contributed by atoms with Crippen LogP contribution < -0.4 is 5.32 Å². The highest BCUT2D eigenvalue weighted by molar-refractivity contribution is 6.30. The van der Waals surface area contributed by atoms with E-state index in [-0.39, 0.29) is 17.7 Å². The summed E-state index contributed by atoms with van der Waals surface area (Å²) in [7, 11) is 4.01. The summed E-state index contributed by atoms with van der Waals surface area (Å²) < 4.78 is 0. The standard InChI is InChI=1S/C22H26ClN3O2/c1-25(2)15-18-5-3-4-6-20(18)24-21(27)16-11-13-26(14-12-16)22(28)17-7-9-19(23)10-8-17/h3-10,16H,11-15H2,1-2H3,(H,24,27). The van der Waals surface area contributed by atoms with Crippen LogP contribution in [0.2, 0.25) is 5.02 Å².